The standard InChI is InChI=1S/C18H17N3O5S2/c1-9-14(11(22)7-8-13(23)24)19-18(27-9)20-17(26)15-16(25)10-5-3-4-6-12(10)28-21(15)2/h3-6,25H,7-8H2,1-2H3,(H,23,24)(H,19,20,26). The second-order valence-electron chi connectivity index (χ2n) is 5.98. The number of aliphatic carboxylic acids is 1. The van der Waals surface area contributed by atoms with Crippen LogP contribution in [0.4, 0.5) is 5.13 Å². The molecular formula is C18H17N3O5S2. The summed E-state index contributed by atoms with van der Waals surface area (Å²) >= 11 is 2.43. The summed E-state index contributed by atoms with van der Waals surface area (Å²) < 4.78 is 1.56. The van der Waals surface area contributed by atoms with Crippen molar-refractivity contribution < 1.29 is 24.6 Å². The number of nitrogens with zero attached hydrogens (tertiary/aromatic N) is 2. The van der Waals surface area contributed by atoms with Gasteiger partial charge in [0.2, 0.25) is 0 Å². The fraction of sp³-hybridized carbons (Fsp3) is 0.222. The third kappa shape index (κ3) is 4.02. The summed E-state index contributed by atoms with van der Waals surface area (Å²) in [6.45, 7) is 1.68. The van der Waals surface area contributed by atoms with Gasteiger partial charge in [-0.25, -0.2) is 4.98 Å². The number of aryl methyl sites for hydroxylation is 1. The fourth-order valence-electron chi connectivity index (χ4n) is 2.67. The minimum atomic E-state index is -1.06. The zero-order valence-electron chi connectivity index (χ0n) is 15.1. The monoisotopic (exact) mass is 419 g/mol. The summed E-state index contributed by atoms with van der Waals surface area (Å²) in [5.74, 6) is -2.14. The Morgan fingerprint density at radius 2 is 1.93 bits per heavy atom. The van der Waals surface area contributed by atoms with Crippen LogP contribution < -0.4 is 5.32 Å². The van der Waals surface area contributed by atoms with Gasteiger partial charge in [-0.1, -0.05) is 12.1 Å². The van der Waals surface area contributed by atoms with Crippen molar-refractivity contribution in [1.29, 1.82) is 0 Å². The molecule has 2 aromatic rings. The predicted molar refractivity (Wildman–Crippen MR) is 106 cm³/mol. The topological polar surface area (TPSA) is 120 Å². The Balaban J connectivity index is 1.81. The lowest BCUT2D eigenvalue weighted by atomic mass is 10.1. The van der Waals surface area contributed by atoms with Gasteiger partial charge < -0.3 is 14.5 Å². The summed E-state index contributed by atoms with van der Waals surface area (Å²) in [6, 6.07) is 7.19. The maximum Gasteiger partial charge on any atom is 0.303 e. The van der Waals surface area contributed by atoms with Crippen molar-refractivity contribution in [2.45, 2.75) is 24.7 Å². The SMILES string of the molecule is Cc1sc(NC(=O)C2=C(O)c3ccccc3SN2C)nc1C(=O)CCC(=O)O. The van der Waals surface area contributed by atoms with Crippen LogP contribution in [-0.4, -0.2) is 44.2 Å². The van der Waals surface area contributed by atoms with Crippen LogP contribution in [0.15, 0.2) is 34.9 Å². The molecule has 0 spiro atoms. The molecule has 3 N–H and O–H groups in total. The van der Waals surface area contributed by atoms with Crippen molar-refractivity contribution >= 4 is 51.8 Å². The van der Waals surface area contributed by atoms with Gasteiger partial charge >= 0.3 is 5.97 Å². The molecule has 28 heavy (non-hydrogen) atoms. The number of rotatable bonds is 6. The number of aliphatic hydroxyl groups is 1. The zero-order chi connectivity index (χ0) is 20.4. The van der Waals surface area contributed by atoms with Crippen molar-refractivity contribution in [3.05, 3.63) is 46.1 Å². The lowest BCUT2D eigenvalue weighted by molar-refractivity contribution is -0.137. The molecule has 3 rings (SSSR count). The number of Topliss-reactive ketones (excluding diaryl/α,β-unsaturated/α-hetero) is 1. The molecule has 8 nitrogen and oxygen atoms in total. The Morgan fingerprint density at radius 1 is 1.21 bits per heavy atom. The van der Waals surface area contributed by atoms with E-state index in [2.05, 4.69) is 10.3 Å². The maximum absolute atomic E-state index is 12.7. The normalized spacial score (nSPS) is 13.3. The summed E-state index contributed by atoms with van der Waals surface area (Å²) in [5, 5.41) is 22.1. The number of ketones is 1. The van der Waals surface area contributed by atoms with Crippen LogP contribution in [0.1, 0.15) is 33.8 Å². The highest BCUT2D eigenvalue weighted by atomic mass is 32.2. The van der Waals surface area contributed by atoms with Gasteiger partial charge in [0.1, 0.15) is 5.69 Å². The smallest absolute Gasteiger partial charge is 0.303 e. The van der Waals surface area contributed by atoms with E-state index in [-0.39, 0.29) is 35.1 Å². The quantitative estimate of drug-likeness (QED) is 0.482. The number of thiazole rings is 1. The number of fused-ring (bicyclic) bond motifs is 1. The molecule has 1 aliphatic heterocycles. The van der Waals surface area contributed by atoms with Crippen LogP contribution in [0.2, 0.25) is 0 Å². The number of hydrogen-bond acceptors (Lipinski definition) is 8. The Bertz CT molecular complexity index is 999. The van der Waals surface area contributed by atoms with Gasteiger partial charge in [0.15, 0.2) is 22.4 Å². The number of carbonyl (C=O) groups excluding carboxylic acids is 2. The molecule has 1 aromatic heterocycles. The molecule has 146 valence electrons. The molecule has 0 radical (unpaired) electrons. The van der Waals surface area contributed by atoms with Crippen LogP contribution >= 0.6 is 23.3 Å². The van der Waals surface area contributed by atoms with E-state index in [4.69, 9.17) is 5.11 Å². The molecular weight excluding hydrogens is 402 g/mol. The van der Waals surface area contributed by atoms with Gasteiger partial charge in [0, 0.05) is 28.8 Å². The number of likely N-dealkylation sites (N-methyl/N-ethyl adjacent to an activating group) is 1. The summed E-state index contributed by atoms with van der Waals surface area (Å²) in [6.07, 6.45) is -0.435. The van der Waals surface area contributed by atoms with E-state index in [9.17, 15) is 19.5 Å². The number of anilines is 1. The van der Waals surface area contributed by atoms with E-state index in [1.165, 1.54) is 11.9 Å². The summed E-state index contributed by atoms with van der Waals surface area (Å²) in [4.78, 5) is 41.0. The van der Waals surface area contributed by atoms with Crippen LogP contribution in [0, 0.1) is 6.92 Å². The van der Waals surface area contributed by atoms with Crippen molar-refractivity contribution in [3.8, 4) is 0 Å². The Hall–Kier alpha value is -2.85. The number of carboxylic acid groups (broad SMARTS) is 1. The predicted octanol–water partition coefficient (Wildman–Crippen LogP) is 3.32. The van der Waals surface area contributed by atoms with Gasteiger partial charge in [-0.05, 0) is 31.0 Å². The highest BCUT2D eigenvalue weighted by molar-refractivity contribution is 7.97. The Kier molecular flexibility index (Phi) is 5.71. The molecule has 1 aromatic carbocycles. The first-order chi connectivity index (χ1) is 13.3. The van der Waals surface area contributed by atoms with Gasteiger partial charge in [-0.15, -0.1) is 11.3 Å². The molecule has 1 aliphatic rings. The molecule has 0 bridgehead atoms. The van der Waals surface area contributed by atoms with E-state index >= 15 is 0 Å². The van der Waals surface area contributed by atoms with Gasteiger partial charge in [0.05, 0.1) is 6.42 Å². The second kappa shape index (κ2) is 8.03. The van der Waals surface area contributed by atoms with E-state index in [0.29, 0.717) is 10.4 Å². The third-order valence-electron chi connectivity index (χ3n) is 3.98. The number of aliphatic hydroxyl groups excluding tert-OH is 1. The first-order valence-corrected chi connectivity index (χ1v) is 9.85. The van der Waals surface area contributed by atoms with Crippen molar-refractivity contribution in [2.24, 2.45) is 0 Å². The van der Waals surface area contributed by atoms with Crippen molar-refractivity contribution in [3.63, 3.8) is 0 Å². The first kappa shape index (κ1) is 19.9. The highest BCUT2D eigenvalue weighted by Crippen LogP contribution is 2.39. The Labute approximate surface area is 169 Å². The molecule has 0 unspecified atom stereocenters. The zero-order valence-corrected chi connectivity index (χ0v) is 16.7. The van der Waals surface area contributed by atoms with Crippen LogP contribution in [0.5, 0.6) is 0 Å². The van der Waals surface area contributed by atoms with Crippen molar-refractivity contribution in [2.75, 3.05) is 12.4 Å². The molecule has 0 aliphatic carbocycles. The molecule has 0 atom stereocenters. The summed E-state index contributed by atoms with van der Waals surface area (Å²) in [5.41, 5.74) is 0.794. The van der Waals surface area contributed by atoms with Gasteiger partial charge in [0.25, 0.3) is 5.91 Å². The van der Waals surface area contributed by atoms with Crippen molar-refractivity contribution in [1.82, 2.24) is 9.29 Å². The van der Waals surface area contributed by atoms with E-state index in [1.54, 1.807) is 30.4 Å². The summed E-state index contributed by atoms with van der Waals surface area (Å²) in [7, 11) is 1.67. The number of nitrogens with one attached hydrogen (secondary N) is 1. The number of aromatic nitrogens is 1. The number of hydrogen-bond donors (Lipinski definition) is 3. The molecule has 2 heterocycles. The van der Waals surface area contributed by atoms with E-state index in [1.807, 2.05) is 12.1 Å². The highest BCUT2D eigenvalue weighted by Gasteiger charge is 2.29. The minimum absolute atomic E-state index is 0.0790. The molecule has 10 heteroatoms. The third-order valence-corrected chi connectivity index (χ3v) is 5.87. The molecule has 0 fully saturated rings. The average molecular weight is 419 g/mol. The molecule has 0 saturated carbocycles. The Morgan fingerprint density at radius 3 is 2.64 bits per heavy atom. The van der Waals surface area contributed by atoms with E-state index in [0.717, 1.165) is 16.2 Å². The number of amides is 1. The van der Waals surface area contributed by atoms with Gasteiger partial charge in [-0.2, -0.15) is 0 Å². The van der Waals surface area contributed by atoms with Crippen LogP contribution in [0.25, 0.3) is 5.76 Å². The molecule has 0 saturated heterocycles. The fourth-order valence-corrected chi connectivity index (χ4v) is 4.45. The van der Waals surface area contributed by atoms with Gasteiger partial charge in [-0.3, -0.25) is 19.7 Å². The minimum Gasteiger partial charge on any atom is -0.505 e. The first-order valence-electron chi connectivity index (χ1n) is 8.26. The van der Waals surface area contributed by atoms with Crippen LogP contribution in [0.3, 0.4) is 0 Å². The lowest BCUT2D eigenvalue weighted by Gasteiger charge is -2.27. The van der Waals surface area contributed by atoms with Crippen LogP contribution in [-0.2, 0) is 9.59 Å². The number of carboxylic acids is 1. The number of carbonyl (C=O) groups is 3. The number of benzene rings is 1. The lowest BCUT2D eigenvalue weighted by Crippen LogP contribution is -2.27. The van der Waals surface area contributed by atoms with E-state index < -0.39 is 17.7 Å². The molecule has 1 amide bonds. The average Bonchev–Trinajstić information content (AvgIpc) is 2.99. The second-order valence-corrected chi connectivity index (χ2v) is 8.35. The maximum atomic E-state index is 12.7. The largest absolute Gasteiger partial charge is 0.505 e.